The van der Waals surface area contributed by atoms with E-state index in [1.165, 1.54) is 11.3 Å². The number of ether oxygens (including phenoxy) is 2. The molecule has 3 nitrogen and oxygen atoms in total. The average molecular weight is 198 g/mol. The lowest BCUT2D eigenvalue weighted by atomic mass is 10.3. The minimum atomic E-state index is -0.220. The summed E-state index contributed by atoms with van der Waals surface area (Å²) in [7, 11) is 0. The van der Waals surface area contributed by atoms with Crippen LogP contribution >= 0.6 is 11.3 Å². The van der Waals surface area contributed by atoms with Crippen LogP contribution in [0.1, 0.15) is 27.0 Å². The van der Waals surface area contributed by atoms with E-state index in [1.54, 1.807) is 0 Å². The van der Waals surface area contributed by atoms with E-state index in [1.807, 2.05) is 13.0 Å². The molecule has 0 fully saturated rings. The summed E-state index contributed by atoms with van der Waals surface area (Å²) >= 11 is 1.47. The summed E-state index contributed by atoms with van der Waals surface area (Å²) in [5.74, 6) is -0.220. The molecule has 0 radical (unpaired) electrons. The molecule has 1 aliphatic rings. The fourth-order valence-electron chi connectivity index (χ4n) is 1.27. The summed E-state index contributed by atoms with van der Waals surface area (Å²) in [6.07, 6.45) is 0. The largest absolute Gasteiger partial charge is 0.462 e. The predicted octanol–water partition coefficient (Wildman–Crippen LogP) is 1.96. The fraction of sp³-hybridized carbons (Fsp3) is 0.444. The Morgan fingerprint density at radius 2 is 2.54 bits per heavy atom. The van der Waals surface area contributed by atoms with Crippen molar-refractivity contribution in [2.75, 3.05) is 6.61 Å². The number of thiophene rings is 1. The van der Waals surface area contributed by atoms with Crippen LogP contribution in [0.3, 0.4) is 0 Å². The highest BCUT2D eigenvalue weighted by molar-refractivity contribution is 7.14. The number of fused-ring (bicyclic) bond motifs is 1. The van der Waals surface area contributed by atoms with Crippen LogP contribution in [0, 0.1) is 0 Å². The molecule has 1 aliphatic heterocycles. The lowest BCUT2D eigenvalue weighted by molar-refractivity contribution is 0.0531. The van der Waals surface area contributed by atoms with E-state index in [4.69, 9.17) is 9.47 Å². The van der Waals surface area contributed by atoms with E-state index in [0.717, 1.165) is 10.4 Å². The zero-order valence-electron chi connectivity index (χ0n) is 7.33. The van der Waals surface area contributed by atoms with Gasteiger partial charge in [0, 0.05) is 4.88 Å². The minimum absolute atomic E-state index is 0.220. The highest BCUT2D eigenvalue weighted by Crippen LogP contribution is 2.29. The van der Waals surface area contributed by atoms with Crippen molar-refractivity contribution in [3.63, 3.8) is 0 Å². The maximum absolute atomic E-state index is 11.3. The number of hydrogen-bond acceptors (Lipinski definition) is 4. The van der Waals surface area contributed by atoms with E-state index in [9.17, 15) is 4.79 Å². The average Bonchev–Trinajstić information content (AvgIpc) is 2.61. The molecule has 0 spiro atoms. The zero-order valence-corrected chi connectivity index (χ0v) is 8.15. The van der Waals surface area contributed by atoms with Crippen LogP contribution in [0.2, 0.25) is 0 Å². The molecule has 0 N–H and O–H groups in total. The lowest BCUT2D eigenvalue weighted by Crippen LogP contribution is -2.01. The minimum Gasteiger partial charge on any atom is -0.462 e. The Morgan fingerprint density at radius 3 is 3.23 bits per heavy atom. The van der Waals surface area contributed by atoms with Crippen molar-refractivity contribution in [1.29, 1.82) is 0 Å². The van der Waals surface area contributed by atoms with Crippen molar-refractivity contribution in [1.82, 2.24) is 0 Å². The Hall–Kier alpha value is -0.870. The van der Waals surface area contributed by atoms with Gasteiger partial charge in [-0.2, -0.15) is 0 Å². The zero-order chi connectivity index (χ0) is 9.26. The second kappa shape index (κ2) is 3.47. The Morgan fingerprint density at radius 1 is 1.69 bits per heavy atom. The van der Waals surface area contributed by atoms with Gasteiger partial charge in [-0.3, -0.25) is 0 Å². The van der Waals surface area contributed by atoms with Crippen LogP contribution in [-0.4, -0.2) is 12.6 Å². The summed E-state index contributed by atoms with van der Waals surface area (Å²) in [4.78, 5) is 13.1. The molecule has 0 amide bonds. The number of hydrogen-bond donors (Lipinski definition) is 0. The molecule has 4 heteroatoms. The van der Waals surface area contributed by atoms with Crippen LogP contribution in [0.5, 0.6) is 0 Å². The third kappa shape index (κ3) is 1.59. The van der Waals surface area contributed by atoms with Crippen LogP contribution in [-0.2, 0) is 22.7 Å². The smallest absolute Gasteiger partial charge is 0.348 e. The van der Waals surface area contributed by atoms with Crippen LogP contribution in [0.15, 0.2) is 6.07 Å². The molecule has 0 atom stereocenters. The van der Waals surface area contributed by atoms with Gasteiger partial charge >= 0.3 is 5.97 Å². The Kier molecular flexibility index (Phi) is 2.33. The van der Waals surface area contributed by atoms with Gasteiger partial charge < -0.3 is 9.47 Å². The van der Waals surface area contributed by atoms with Crippen molar-refractivity contribution in [2.24, 2.45) is 0 Å². The summed E-state index contributed by atoms with van der Waals surface area (Å²) < 4.78 is 10.1. The molecule has 0 saturated carbocycles. The number of carbonyl (C=O) groups is 1. The van der Waals surface area contributed by atoms with Gasteiger partial charge in [0.15, 0.2) is 0 Å². The standard InChI is InChI=1S/C9H10O3S/c1-2-12-9(10)7-3-6-4-11-5-8(6)13-7/h3H,2,4-5H2,1H3. The summed E-state index contributed by atoms with van der Waals surface area (Å²) in [6.45, 7) is 3.50. The molecule has 2 heterocycles. The van der Waals surface area contributed by atoms with E-state index >= 15 is 0 Å². The third-order valence-corrected chi connectivity index (χ3v) is 2.99. The monoisotopic (exact) mass is 198 g/mol. The normalized spacial score (nSPS) is 14.2. The van der Waals surface area contributed by atoms with Crippen LogP contribution < -0.4 is 0 Å². The fourth-order valence-corrected chi connectivity index (χ4v) is 2.27. The van der Waals surface area contributed by atoms with Gasteiger partial charge in [-0.1, -0.05) is 0 Å². The molecular weight excluding hydrogens is 188 g/mol. The summed E-state index contributed by atoms with van der Waals surface area (Å²) in [5.41, 5.74) is 1.13. The maximum Gasteiger partial charge on any atom is 0.348 e. The van der Waals surface area contributed by atoms with Gasteiger partial charge in [0.25, 0.3) is 0 Å². The molecule has 1 aromatic heterocycles. The molecule has 0 bridgehead atoms. The highest BCUT2D eigenvalue weighted by Gasteiger charge is 2.19. The second-order valence-corrected chi connectivity index (χ2v) is 3.91. The van der Waals surface area contributed by atoms with Gasteiger partial charge in [-0.15, -0.1) is 11.3 Å². The summed E-state index contributed by atoms with van der Waals surface area (Å²) in [5, 5.41) is 0. The van der Waals surface area contributed by atoms with Crippen molar-refractivity contribution in [2.45, 2.75) is 20.1 Å². The van der Waals surface area contributed by atoms with Gasteiger partial charge in [0.2, 0.25) is 0 Å². The molecule has 2 rings (SSSR count). The Bertz CT molecular complexity index is 308. The van der Waals surface area contributed by atoms with Crippen molar-refractivity contribution < 1.29 is 14.3 Å². The Balaban J connectivity index is 2.18. The molecule has 0 unspecified atom stereocenters. The molecule has 0 saturated heterocycles. The van der Waals surface area contributed by atoms with Gasteiger partial charge in [0.1, 0.15) is 4.88 Å². The first kappa shape index (κ1) is 8.72. The molecule has 0 aliphatic carbocycles. The second-order valence-electron chi connectivity index (χ2n) is 2.77. The van der Waals surface area contributed by atoms with E-state index in [-0.39, 0.29) is 5.97 Å². The maximum atomic E-state index is 11.3. The van der Waals surface area contributed by atoms with E-state index in [2.05, 4.69) is 0 Å². The first-order valence-corrected chi connectivity index (χ1v) is 4.99. The van der Waals surface area contributed by atoms with Crippen molar-refractivity contribution in [3.05, 3.63) is 21.4 Å². The molecule has 70 valence electrons. The lowest BCUT2D eigenvalue weighted by Gasteiger charge is -1.97. The van der Waals surface area contributed by atoms with Crippen molar-refractivity contribution in [3.8, 4) is 0 Å². The third-order valence-electron chi connectivity index (χ3n) is 1.86. The molecule has 1 aromatic rings. The van der Waals surface area contributed by atoms with Crippen LogP contribution in [0.4, 0.5) is 0 Å². The van der Waals surface area contributed by atoms with E-state index in [0.29, 0.717) is 24.7 Å². The number of rotatable bonds is 2. The Labute approximate surface area is 80.3 Å². The van der Waals surface area contributed by atoms with Gasteiger partial charge in [-0.05, 0) is 18.6 Å². The molecular formula is C9H10O3S. The molecule has 13 heavy (non-hydrogen) atoms. The van der Waals surface area contributed by atoms with Gasteiger partial charge in [0.05, 0.1) is 19.8 Å². The van der Waals surface area contributed by atoms with E-state index < -0.39 is 0 Å². The quantitative estimate of drug-likeness (QED) is 0.681. The number of carbonyl (C=O) groups excluding carboxylic acids is 1. The predicted molar refractivity (Wildman–Crippen MR) is 48.8 cm³/mol. The topological polar surface area (TPSA) is 35.5 Å². The van der Waals surface area contributed by atoms with Crippen molar-refractivity contribution >= 4 is 17.3 Å². The first-order chi connectivity index (χ1) is 6.31. The van der Waals surface area contributed by atoms with Gasteiger partial charge in [-0.25, -0.2) is 4.79 Å². The van der Waals surface area contributed by atoms with Crippen LogP contribution in [0.25, 0.3) is 0 Å². The SMILES string of the molecule is CCOC(=O)c1cc2c(s1)COC2. The highest BCUT2D eigenvalue weighted by atomic mass is 32.1. The first-order valence-electron chi connectivity index (χ1n) is 4.17. The molecule has 0 aromatic carbocycles. The number of esters is 1. The summed E-state index contributed by atoms with van der Waals surface area (Å²) in [6, 6.07) is 1.87.